The van der Waals surface area contributed by atoms with Crippen LogP contribution < -0.4 is 0 Å². The smallest absolute Gasteiger partial charge is 0.348 e. The van der Waals surface area contributed by atoms with Crippen LogP contribution in [0.25, 0.3) is 0 Å². The van der Waals surface area contributed by atoms with Crippen molar-refractivity contribution in [2.75, 3.05) is 6.61 Å². The van der Waals surface area contributed by atoms with Gasteiger partial charge in [0.15, 0.2) is 5.75 Å². The van der Waals surface area contributed by atoms with Crippen LogP contribution >= 0.6 is 58.0 Å². The van der Waals surface area contributed by atoms with Gasteiger partial charge in [0.2, 0.25) is 5.78 Å². The molecule has 0 heterocycles. The number of esters is 1. The van der Waals surface area contributed by atoms with Crippen LogP contribution in [0.1, 0.15) is 17.3 Å². The molecule has 2 rings (SSSR count). The van der Waals surface area contributed by atoms with Crippen molar-refractivity contribution in [1.82, 2.24) is 0 Å². The number of ether oxygens (including phenoxy) is 1. The highest BCUT2D eigenvalue weighted by atomic mass is 35.5. The third-order valence-corrected chi connectivity index (χ3v) is 5.23. The third kappa shape index (κ3) is 6.13. The first-order valence-electron chi connectivity index (χ1n) is 7.23. The van der Waals surface area contributed by atoms with Crippen LogP contribution in [0, 0.1) is 0 Å². The van der Waals surface area contributed by atoms with E-state index in [0.29, 0.717) is 0 Å². The lowest BCUT2D eigenvalue weighted by Crippen LogP contribution is -2.27. The van der Waals surface area contributed by atoms with Crippen molar-refractivity contribution in [3.63, 3.8) is 0 Å². The van der Waals surface area contributed by atoms with E-state index in [9.17, 15) is 19.1 Å². The number of Topliss-reactive ketones (excluding diaryl/α,β-unsaturated/α-hetero) is 1. The number of phenolic OH excluding ortho intramolecular Hbond substituents is 1. The number of ketones is 1. The van der Waals surface area contributed by atoms with Crippen molar-refractivity contribution in [3.8, 4) is 5.75 Å². The summed E-state index contributed by atoms with van der Waals surface area (Å²) in [6, 6.07) is 7.81. The first-order valence-corrected chi connectivity index (χ1v) is 9.12. The van der Waals surface area contributed by atoms with E-state index in [-0.39, 0.29) is 43.0 Å². The van der Waals surface area contributed by atoms with Gasteiger partial charge in [0.25, 0.3) is 6.17 Å². The standard InChI is InChI=1S/C11H11FO3.C6HCl5O/c1-2-15-11(14)9(12)10(13)8-6-4-3-5-7-8;7-1-2(8)4(10)6(12)5(11)3(1)9/h3-7,9H,2H2,1H3;12H. The molecular formula is C17H12Cl5FO4. The summed E-state index contributed by atoms with van der Waals surface area (Å²) in [5.74, 6) is -2.36. The molecule has 0 aromatic heterocycles. The molecule has 4 nitrogen and oxygen atoms in total. The fourth-order valence-corrected chi connectivity index (χ4v) is 2.79. The van der Waals surface area contributed by atoms with Gasteiger partial charge in [0.05, 0.1) is 21.7 Å². The Bertz CT molecular complexity index is 725. The second-order valence-electron chi connectivity index (χ2n) is 4.76. The van der Waals surface area contributed by atoms with Gasteiger partial charge in [0.1, 0.15) is 10.0 Å². The Labute approximate surface area is 179 Å². The number of rotatable bonds is 4. The molecule has 0 aliphatic rings. The molecule has 0 bridgehead atoms. The summed E-state index contributed by atoms with van der Waals surface area (Å²) >= 11 is 27.9. The predicted molar refractivity (Wildman–Crippen MR) is 105 cm³/mol. The van der Waals surface area contributed by atoms with Crippen LogP contribution in [-0.4, -0.2) is 29.6 Å². The molecule has 0 radical (unpaired) electrons. The minimum atomic E-state index is -2.23. The summed E-state index contributed by atoms with van der Waals surface area (Å²) in [6.07, 6.45) is -2.23. The van der Waals surface area contributed by atoms with Crippen molar-refractivity contribution in [2.45, 2.75) is 13.1 Å². The maximum atomic E-state index is 13.2. The first kappa shape index (κ1) is 23.8. The number of aromatic hydroxyl groups is 1. The molecule has 0 saturated heterocycles. The van der Waals surface area contributed by atoms with Gasteiger partial charge < -0.3 is 9.84 Å². The highest BCUT2D eigenvalue weighted by Crippen LogP contribution is 2.47. The van der Waals surface area contributed by atoms with Crippen LogP contribution in [-0.2, 0) is 9.53 Å². The van der Waals surface area contributed by atoms with Gasteiger partial charge in [-0.2, -0.15) is 0 Å². The highest BCUT2D eigenvalue weighted by Gasteiger charge is 2.28. The van der Waals surface area contributed by atoms with E-state index in [1.807, 2.05) is 0 Å². The molecule has 0 aliphatic carbocycles. The van der Waals surface area contributed by atoms with Crippen molar-refractivity contribution in [1.29, 1.82) is 0 Å². The number of alkyl halides is 1. The van der Waals surface area contributed by atoms with Gasteiger partial charge >= 0.3 is 5.97 Å². The fourth-order valence-electron chi connectivity index (χ4n) is 1.66. The van der Waals surface area contributed by atoms with Crippen molar-refractivity contribution in [3.05, 3.63) is 61.0 Å². The normalized spacial score (nSPS) is 11.2. The van der Waals surface area contributed by atoms with Gasteiger partial charge in [-0.25, -0.2) is 9.18 Å². The molecule has 2 aromatic carbocycles. The van der Waals surface area contributed by atoms with E-state index >= 15 is 0 Å². The Morgan fingerprint density at radius 2 is 1.41 bits per heavy atom. The average molecular weight is 477 g/mol. The fraction of sp³-hybridized carbons (Fsp3) is 0.176. The van der Waals surface area contributed by atoms with E-state index in [2.05, 4.69) is 4.74 Å². The van der Waals surface area contributed by atoms with Gasteiger partial charge in [-0.05, 0) is 6.92 Å². The monoisotopic (exact) mass is 474 g/mol. The summed E-state index contributed by atoms with van der Waals surface area (Å²) in [6.45, 7) is 1.61. The summed E-state index contributed by atoms with van der Waals surface area (Å²) in [5, 5.41) is 9.01. The molecule has 1 N–H and O–H groups in total. The molecule has 1 unspecified atom stereocenters. The number of carbonyl (C=O) groups is 2. The predicted octanol–water partition coefficient (Wildman–Crippen LogP) is 6.43. The molecule has 0 fully saturated rings. The molecule has 146 valence electrons. The van der Waals surface area contributed by atoms with Crippen LogP contribution in [0.3, 0.4) is 0 Å². The van der Waals surface area contributed by atoms with Gasteiger partial charge in [-0.1, -0.05) is 88.3 Å². The molecule has 2 aromatic rings. The minimum absolute atomic E-state index is 0.00904. The number of benzene rings is 2. The zero-order chi connectivity index (χ0) is 20.7. The lowest BCUT2D eigenvalue weighted by atomic mass is 10.1. The Balaban J connectivity index is 0.000000277. The lowest BCUT2D eigenvalue weighted by Gasteiger charge is -2.06. The number of carbonyl (C=O) groups excluding carboxylic acids is 2. The average Bonchev–Trinajstić information content (AvgIpc) is 2.69. The molecular weight excluding hydrogens is 464 g/mol. The number of halogens is 6. The van der Waals surface area contributed by atoms with E-state index in [0.717, 1.165) is 0 Å². The van der Waals surface area contributed by atoms with Crippen molar-refractivity contribution < 1.29 is 23.8 Å². The van der Waals surface area contributed by atoms with E-state index in [4.69, 9.17) is 58.0 Å². The second-order valence-corrected chi connectivity index (χ2v) is 6.65. The SMILES string of the molecule is CCOC(=O)C(F)C(=O)c1ccccc1.Oc1c(Cl)c(Cl)c(Cl)c(Cl)c1Cl. The highest BCUT2D eigenvalue weighted by molar-refractivity contribution is 6.55. The summed E-state index contributed by atoms with van der Waals surface area (Å²) in [5.41, 5.74) is 0.165. The Morgan fingerprint density at radius 1 is 0.963 bits per heavy atom. The third-order valence-electron chi connectivity index (χ3n) is 2.97. The van der Waals surface area contributed by atoms with Crippen LogP contribution in [0.4, 0.5) is 4.39 Å². The molecule has 0 amide bonds. The van der Waals surface area contributed by atoms with E-state index < -0.39 is 17.9 Å². The molecule has 1 atom stereocenters. The Morgan fingerprint density at radius 3 is 1.85 bits per heavy atom. The van der Waals surface area contributed by atoms with Gasteiger partial charge in [-0.3, -0.25) is 4.79 Å². The Hall–Kier alpha value is -1.24. The van der Waals surface area contributed by atoms with Crippen molar-refractivity contribution in [2.24, 2.45) is 0 Å². The maximum Gasteiger partial charge on any atom is 0.348 e. The molecule has 10 heteroatoms. The van der Waals surface area contributed by atoms with Crippen molar-refractivity contribution >= 4 is 69.8 Å². The van der Waals surface area contributed by atoms with E-state index in [1.165, 1.54) is 12.1 Å². The molecule has 0 aliphatic heterocycles. The first-order chi connectivity index (χ1) is 12.6. The Kier molecular flexibility index (Phi) is 9.63. The quantitative estimate of drug-likeness (QED) is 0.182. The lowest BCUT2D eigenvalue weighted by molar-refractivity contribution is -0.147. The number of hydrogen-bond acceptors (Lipinski definition) is 4. The zero-order valence-corrected chi connectivity index (χ0v) is 17.4. The number of phenols is 1. The van der Waals surface area contributed by atoms with Gasteiger partial charge in [-0.15, -0.1) is 0 Å². The molecule has 27 heavy (non-hydrogen) atoms. The maximum absolute atomic E-state index is 13.2. The zero-order valence-electron chi connectivity index (χ0n) is 13.6. The topological polar surface area (TPSA) is 63.6 Å². The van der Waals surface area contributed by atoms with E-state index in [1.54, 1.807) is 25.1 Å². The minimum Gasteiger partial charge on any atom is -0.505 e. The summed E-state index contributed by atoms with van der Waals surface area (Å²) in [4.78, 5) is 22.3. The summed E-state index contributed by atoms with van der Waals surface area (Å²) < 4.78 is 17.7. The van der Waals surface area contributed by atoms with Crippen LogP contribution in [0.5, 0.6) is 5.75 Å². The molecule has 0 saturated carbocycles. The molecule has 0 spiro atoms. The van der Waals surface area contributed by atoms with Gasteiger partial charge in [0, 0.05) is 5.56 Å². The van der Waals surface area contributed by atoms with Crippen LogP contribution in [0.2, 0.25) is 25.1 Å². The number of hydrogen-bond donors (Lipinski definition) is 1. The second kappa shape index (κ2) is 10.9. The summed E-state index contributed by atoms with van der Waals surface area (Å²) in [7, 11) is 0. The largest absolute Gasteiger partial charge is 0.505 e. The van der Waals surface area contributed by atoms with Crippen LogP contribution in [0.15, 0.2) is 30.3 Å².